The second-order valence-corrected chi connectivity index (χ2v) is 10.6. The number of hydrogen-bond donors (Lipinski definition) is 1. The van der Waals surface area contributed by atoms with E-state index in [9.17, 15) is 13.2 Å². The second kappa shape index (κ2) is 7.53. The minimum atomic E-state index is -3.53. The molecule has 150 valence electrons. The maximum Gasteiger partial charge on any atom is 0.243 e. The highest BCUT2D eigenvalue weighted by Gasteiger charge is 2.33. The summed E-state index contributed by atoms with van der Waals surface area (Å²) in [5, 5.41) is 12.6. The summed E-state index contributed by atoms with van der Waals surface area (Å²) in [4.78, 5) is 12.8. The second-order valence-electron chi connectivity index (χ2n) is 7.63. The standard InChI is InChI=1S/C19H24N4O3S2/c1-12-3-6-16(11-13(12)2)28(25,26)23-9-7-14(8-10-23)17(24)20-19-22-21-18(27-19)15-4-5-15/h3,6,11,14-15H,4-5,7-10H2,1-2H3,(H,20,22,24). The molecule has 2 aromatic rings. The summed E-state index contributed by atoms with van der Waals surface area (Å²) >= 11 is 1.44. The molecule has 28 heavy (non-hydrogen) atoms. The molecule has 1 amide bonds. The van der Waals surface area contributed by atoms with Crippen molar-refractivity contribution in [2.75, 3.05) is 18.4 Å². The van der Waals surface area contributed by atoms with Crippen molar-refractivity contribution in [2.24, 2.45) is 5.92 Å². The smallest absolute Gasteiger partial charge is 0.243 e. The summed E-state index contributed by atoms with van der Waals surface area (Å²) in [5.41, 5.74) is 2.02. The van der Waals surface area contributed by atoms with E-state index in [1.807, 2.05) is 19.9 Å². The molecule has 0 atom stereocenters. The number of hydrogen-bond acceptors (Lipinski definition) is 6. The molecule has 2 aliphatic rings. The molecule has 0 radical (unpaired) electrons. The number of rotatable bonds is 5. The zero-order valence-corrected chi connectivity index (χ0v) is 17.6. The van der Waals surface area contributed by atoms with Gasteiger partial charge in [0, 0.05) is 24.9 Å². The highest BCUT2D eigenvalue weighted by molar-refractivity contribution is 7.89. The molecular formula is C19H24N4O3S2. The number of carbonyl (C=O) groups is 1. The van der Waals surface area contributed by atoms with Crippen molar-refractivity contribution in [2.45, 2.75) is 50.3 Å². The van der Waals surface area contributed by atoms with Crippen LogP contribution < -0.4 is 5.32 Å². The van der Waals surface area contributed by atoms with Crippen molar-refractivity contribution in [1.82, 2.24) is 14.5 Å². The Kier molecular flexibility index (Phi) is 5.24. The fourth-order valence-electron chi connectivity index (χ4n) is 3.37. The van der Waals surface area contributed by atoms with Gasteiger partial charge >= 0.3 is 0 Å². The first-order valence-electron chi connectivity index (χ1n) is 9.56. The molecule has 0 unspecified atom stereocenters. The van der Waals surface area contributed by atoms with Gasteiger partial charge in [-0.25, -0.2) is 8.42 Å². The third-order valence-corrected chi connectivity index (χ3v) is 8.43. The average Bonchev–Trinajstić information content (AvgIpc) is 3.43. The molecule has 1 saturated heterocycles. The van der Waals surface area contributed by atoms with E-state index in [2.05, 4.69) is 15.5 Å². The minimum absolute atomic E-state index is 0.0956. The van der Waals surface area contributed by atoms with Gasteiger partial charge in [-0.15, -0.1) is 10.2 Å². The molecule has 1 saturated carbocycles. The SMILES string of the molecule is Cc1ccc(S(=O)(=O)N2CCC(C(=O)Nc3nnc(C4CC4)s3)CC2)cc1C. The lowest BCUT2D eigenvalue weighted by molar-refractivity contribution is -0.120. The number of aryl methyl sites for hydroxylation is 2. The first kappa shape index (κ1) is 19.5. The zero-order valence-electron chi connectivity index (χ0n) is 16.0. The van der Waals surface area contributed by atoms with E-state index >= 15 is 0 Å². The fraction of sp³-hybridized carbons (Fsp3) is 0.526. The Balaban J connectivity index is 1.36. The normalized spacial score (nSPS) is 18.9. The number of sulfonamides is 1. The van der Waals surface area contributed by atoms with Crippen molar-refractivity contribution in [1.29, 1.82) is 0 Å². The topological polar surface area (TPSA) is 92.3 Å². The van der Waals surface area contributed by atoms with E-state index in [0.29, 0.717) is 41.9 Å². The van der Waals surface area contributed by atoms with Gasteiger partial charge in [0.1, 0.15) is 5.01 Å². The van der Waals surface area contributed by atoms with Gasteiger partial charge in [-0.05, 0) is 62.8 Å². The first-order valence-corrected chi connectivity index (χ1v) is 11.8. The van der Waals surface area contributed by atoms with Crippen LogP contribution in [0, 0.1) is 19.8 Å². The molecule has 9 heteroatoms. The summed E-state index contributed by atoms with van der Waals surface area (Å²) in [7, 11) is -3.53. The molecule has 2 fully saturated rings. The van der Waals surface area contributed by atoms with Crippen molar-refractivity contribution in [3.05, 3.63) is 34.3 Å². The first-order chi connectivity index (χ1) is 13.3. The maximum atomic E-state index is 12.9. The summed E-state index contributed by atoms with van der Waals surface area (Å²) < 4.78 is 27.3. The largest absolute Gasteiger partial charge is 0.300 e. The van der Waals surface area contributed by atoms with Crippen molar-refractivity contribution in [3.8, 4) is 0 Å². The number of nitrogens with zero attached hydrogens (tertiary/aromatic N) is 3. The minimum Gasteiger partial charge on any atom is -0.300 e. The third-order valence-electron chi connectivity index (χ3n) is 5.54. The Morgan fingerprint density at radius 1 is 1.11 bits per heavy atom. The number of piperidine rings is 1. The van der Waals surface area contributed by atoms with Crippen LogP contribution in [-0.4, -0.2) is 41.9 Å². The van der Waals surface area contributed by atoms with Crippen LogP contribution in [0.4, 0.5) is 5.13 Å². The van der Waals surface area contributed by atoms with Gasteiger partial charge < -0.3 is 5.32 Å². The number of aromatic nitrogens is 2. The van der Waals surface area contributed by atoms with Gasteiger partial charge in [0.15, 0.2) is 0 Å². The number of carbonyl (C=O) groups excluding carboxylic acids is 1. The highest BCUT2D eigenvalue weighted by atomic mass is 32.2. The summed E-state index contributed by atoms with van der Waals surface area (Å²) in [6.45, 7) is 4.56. The van der Waals surface area contributed by atoms with Crippen molar-refractivity contribution in [3.63, 3.8) is 0 Å². The van der Waals surface area contributed by atoms with Crippen LogP contribution in [0.1, 0.15) is 47.7 Å². The van der Waals surface area contributed by atoms with Crippen LogP contribution >= 0.6 is 11.3 Å². The molecular weight excluding hydrogens is 396 g/mol. The molecule has 0 spiro atoms. The van der Waals surface area contributed by atoms with Crippen molar-refractivity contribution < 1.29 is 13.2 Å². The van der Waals surface area contributed by atoms with Crippen LogP contribution in [0.25, 0.3) is 0 Å². The maximum absolute atomic E-state index is 12.9. The van der Waals surface area contributed by atoms with E-state index in [0.717, 1.165) is 29.0 Å². The predicted molar refractivity (Wildman–Crippen MR) is 108 cm³/mol. The van der Waals surface area contributed by atoms with E-state index in [1.54, 1.807) is 12.1 Å². The Morgan fingerprint density at radius 2 is 1.82 bits per heavy atom. The number of anilines is 1. The predicted octanol–water partition coefficient (Wildman–Crippen LogP) is 3.07. The highest BCUT2D eigenvalue weighted by Crippen LogP contribution is 2.42. The molecule has 1 aromatic carbocycles. The van der Waals surface area contributed by atoms with Crippen LogP contribution in [0.5, 0.6) is 0 Å². The van der Waals surface area contributed by atoms with Gasteiger partial charge in [-0.1, -0.05) is 17.4 Å². The number of benzene rings is 1. The summed E-state index contributed by atoms with van der Waals surface area (Å²) in [6, 6.07) is 5.21. The van der Waals surface area contributed by atoms with Crippen LogP contribution in [0.2, 0.25) is 0 Å². The van der Waals surface area contributed by atoms with E-state index in [1.165, 1.54) is 15.6 Å². The molecule has 1 aliphatic carbocycles. The summed E-state index contributed by atoms with van der Waals surface area (Å²) in [5.74, 6) is 0.211. The Bertz CT molecular complexity index is 990. The Labute approximate surface area is 169 Å². The van der Waals surface area contributed by atoms with Gasteiger partial charge in [0.05, 0.1) is 4.90 Å². The van der Waals surface area contributed by atoms with E-state index < -0.39 is 10.0 Å². The average molecular weight is 421 g/mol. The molecule has 1 aliphatic heterocycles. The van der Waals surface area contributed by atoms with Crippen LogP contribution in [0.3, 0.4) is 0 Å². The quantitative estimate of drug-likeness (QED) is 0.802. The molecule has 7 nitrogen and oxygen atoms in total. The summed E-state index contributed by atoms with van der Waals surface area (Å²) in [6.07, 6.45) is 3.31. The van der Waals surface area contributed by atoms with Gasteiger partial charge in [-0.3, -0.25) is 4.79 Å². The Morgan fingerprint density at radius 3 is 2.46 bits per heavy atom. The zero-order chi connectivity index (χ0) is 19.9. The molecule has 1 aromatic heterocycles. The number of amides is 1. The molecule has 0 bridgehead atoms. The third kappa shape index (κ3) is 3.97. The van der Waals surface area contributed by atoms with Gasteiger partial charge in [0.25, 0.3) is 0 Å². The molecule has 2 heterocycles. The fourth-order valence-corrected chi connectivity index (χ4v) is 5.84. The monoisotopic (exact) mass is 420 g/mol. The number of nitrogens with one attached hydrogen (secondary N) is 1. The van der Waals surface area contributed by atoms with Crippen molar-refractivity contribution >= 4 is 32.4 Å². The lowest BCUT2D eigenvalue weighted by Gasteiger charge is -2.30. The molecule has 1 N–H and O–H groups in total. The molecule has 4 rings (SSSR count). The van der Waals surface area contributed by atoms with E-state index in [4.69, 9.17) is 0 Å². The lowest BCUT2D eigenvalue weighted by Crippen LogP contribution is -2.41. The van der Waals surface area contributed by atoms with E-state index in [-0.39, 0.29) is 11.8 Å². The van der Waals surface area contributed by atoms with Gasteiger partial charge in [0.2, 0.25) is 21.1 Å². The van der Waals surface area contributed by atoms with Crippen LogP contribution in [0.15, 0.2) is 23.1 Å². The van der Waals surface area contributed by atoms with Crippen LogP contribution in [-0.2, 0) is 14.8 Å². The van der Waals surface area contributed by atoms with Gasteiger partial charge in [-0.2, -0.15) is 4.31 Å². The lowest BCUT2D eigenvalue weighted by atomic mass is 9.97. The Hall–Kier alpha value is -1.84.